The number of aldehydes is 1. The highest BCUT2D eigenvalue weighted by atomic mass is 16.1. The third kappa shape index (κ3) is 3.77. The Bertz CT molecular complexity index is 429. The molecule has 2 heteroatoms. The monoisotopic (exact) mass is 257 g/mol. The fraction of sp³-hybridized carbons (Fsp3) is 0.471. The molecule has 1 saturated heterocycles. The van der Waals surface area contributed by atoms with Crippen molar-refractivity contribution in [3.05, 3.63) is 47.5 Å². The molecule has 102 valence electrons. The number of rotatable bonds is 5. The summed E-state index contributed by atoms with van der Waals surface area (Å²) in [5, 5.41) is 0. The summed E-state index contributed by atoms with van der Waals surface area (Å²) < 4.78 is 0. The van der Waals surface area contributed by atoms with Crippen LogP contribution in [0.3, 0.4) is 0 Å². The molecule has 0 radical (unpaired) electrons. The van der Waals surface area contributed by atoms with Crippen molar-refractivity contribution >= 4 is 6.29 Å². The molecule has 1 unspecified atom stereocenters. The van der Waals surface area contributed by atoms with Gasteiger partial charge in [-0.15, -0.1) is 0 Å². The lowest BCUT2D eigenvalue weighted by Gasteiger charge is -2.28. The van der Waals surface area contributed by atoms with Crippen LogP contribution >= 0.6 is 0 Å². The maximum atomic E-state index is 11.4. The van der Waals surface area contributed by atoms with Gasteiger partial charge in [0.1, 0.15) is 6.29 Å². The van der Waals surface area contributed by atoms with Crippen LogP contribution in [0.15, 0.2) is 36.4 Å². The first kappa shape index (κ1) is 14.0. The molecule has 0 saturated carbocycles. The van der Waals surface area contributed by atoms with E-state index in [0.29, 0.717) is 0 Å². The second-order valence-corrected chi connectivity index (χ2v) is 5.52. The van der Waals surface area contributed by atoms with Crippen molar-refractivity contribution < 1.29 is 4.79 Å². The minimum atomic E-state index is -0.164. The number of hydrogen-bond acceptors (Lipinski definition) is 2. The van der Waals surface area contributed by atoms with E-state index in [1.54, 1.807) is 0 Å². The van der Waals surface area contributed by atoms with Crippen molar-refractivity contribution in [2.24, 2.45) is 0 Å². The number of hydrogen-bond donors (Lipinski definition) is 0. The highest BCUT2D eigenvalue weighted by Crippen LogP contribution is 2.23. The summed E-state index contributed by atoms with van der Waals surface area (Å²) in [6.07, 6.45) is 4.89. The predicted octanol–water partition coefficient (Wildman–Crippen LogP) is 3.32. The van der Waals surface area contributed by atoms with Crippen molar-refractivity contribution in [3.8, 4) is 0 Å². The zero-order chi connectivity index (χ0) is 13.7. The quantitative estimate of drug-likeness (QED) is 0.596. The van der Waals surface area contributed by atoms with Crippen LogP contribution in [0.5, 0.6) is 0 Å². The lowest BCUT2D eigenvalue weighted by Crippen LogP contribution is -2.32. The number of carbonyl (C=O) groups excluding carboxylic acids is 1. The summed E-state index contributed by atoms with van der Waals surface area (Å²) in [5.74, 6) is -0.164. The zero-order valence-electron chi connectivity index (χ0n) is 11.8. The Labute approximate surface area is 116 Å². The molecule has 1 aliphatic rings. The molecule has 0 bridgehead atoms. The second-order valence-electron chi connectivity index (χ2n) is 5.52. The van der Waals surface area contributed by atoms with Crippen LogP contribution in [0.1, 0.15) is 36.3 Å². The number of piperidine rings is 1. The van der Waals surface area contributed by atoms with Gasteiger partial charge in [0.25, 0.3) is 0 Å². The molecule has 1 aliphatic heterocycles. The van der Waals surface area contributed by atoms with Gasteiger partial charge in [0, 0.05) is 6.54 Å². The largest absolute Gasteiger partial charge is 0.302 e. The molecule has 19 heavy (non-hydrogen) atoms. The first-order valence-electron chi connectivity index (χ1n) is 7.12. The average molecular weight is 257 g/mol. The Kier molecular flexibility index (Phi) is 4.92. The molecule has 1 aromatic rings. The fourth-order valence-corrected chi connectivity index (χ4v) is 2.69. The van der Waals surface area contributed by atoms with E-state index in [9.17, 15) is 4.79 Å². The smallest absolute Gasteiger partial charge is 0.131 e. The SMILES string of the molecule is C=C(CN1CCCCC1)C(C=O)c1ccc(C)cc1. The van der Waals surface area contributed by atoms with Gasteiger partial charge in [-0.2, -0.15) is 0 Å². The van der Waals surface area contributed by atoms with Gasteiger partial charge in [0.2, 0.25) is 0 Å². The summed E-state index contributed by atoms with van der Waals surface area (Å²) in [6.45, 7) is 9.32. The third-order valence-electron chi connectivity index (χ3n) is 3.89. The summed E-state index contributed by atoms with van der Waals surface area (Å²) in [5.41, 5.74) is 3.29. The molecule has 1 aromatic carbocycles. The van der Waals surface area contributed by atoms with Gasteiger partial charge in [0.15, 0.2) is 0 Å². The minimum absolute atomic E-state index is 0.164. The minimum Gasteiger partial charge on any atom is -0.302 e. The molecule has 0 aliphatic carbocycles. The van der Waals surface area contributed by atoms with Crippen LogP contribution in [-0.2, 0) is 4.79 Å². The molecule has 2 nitrogen and oxygen atoms in total. The standard InChI is InChI=1S/C17H23NO/c1-14-6-8-16(9-7-14)17(13-19)15(2)12-18-10-4-3-5-11-18/h6-9,13,17H,2-5,10-12H2,1H3. The Balaban J connectivity index is 2.02. The predicted molar refractivity (Wildman–Crippen MR) is 79.4 cm³/mol. The average Bonchev–Trinajstić information content (AvgIpc) is 2.43. The second kappa shape index (κ2) is 6.67. The number of benzene rings is 1. The number of likely N-dealkylation sites (tertiary alicyclic amines) is 1. The van der Waals surface area contributed by atoms with Gasteiger partial charge >= 0.3 is 0 Å². The Morgan fingerprint density at radius 2 is 1.89 bits per heavy atom. The van der Waals surface area contributed by atoms with Crippen LogP contribution in [-0.4, -0.2) is 30.8 Å². The number of carbonyl (C=O) groups is 1. The molecule has 1 fully saturated rings. The van der Waals surface area contributed by atoms with Crippen LogP contribution in [0, 0.1) is 6.92 Å². The summed E-state index contributed by atoms with van der Waals surface area (Å²) >= 11 is 0. The number of aryl methyl sites for hydroxylation is 1. The van der Waals surface area contributed by atoms with Gasteiger partial charge in [-0.3, -0.25) is 4.90 Å². The van der Waals surface area contributed by atoms with E-state index < -0.39 is 0 Å². The molecule has 0 aromatic heterocycles. The van der Waals surface area contributed by atoms with E-state index in [4.69, 9.17) is 0 Å². The molecular weight excluding hydrogens is 234 g/mol. The van der Waals surface area contributed by atoms with Crippen LogP contribution < -0.4 is 0 Å². The topological polar surface area (TPSA) is 20.3 Å². The van der Waals surface area contributed by atoms with Crippen molar-refractivity contribution in [1.82, 2.24) is 4.90 Å². The molecule has 0 amide bonds. The Morgan fingerprint density at radius 1 is 1.26 bits per heavy atom. The van der Waals surface area contributed by atoms with Gasteiger partial charge in [-0.1, -0.05) is 42.8 Å². The Morgan fingerprint density at radius 3 is 2.47 bits per heavy atom. The van der Waals surface area contributed by atoms with Crippen molar-refractivity contribution in [2.75, 3.05) is 19.6 Å². The van der Waals surface area contributed by atoms with Gasteiger partial charge in [-0.25, -0.2) is 0 Å². The summed E-state index contributed by atoms with van der Waals surface area (Å²) in [6, 6.07) is 8.19. The van der Waals surface area contributed by atoms with Crippen molar-refractivity contribution in [3.63, 3.8) is 0 Å². The summed E-state index contributed by atoms with van der Waals surface area (Å²) in [7, 11) is 0. The first-order valence-corrected chi connectivity index (χ1v) is 7.12. The first-order chi connectivity index (χ1) is 9.20. The van der Waals surface area contributed by atoms with Crippen LogP contribution in [0.2, 0.25) is 0 Å². The molecule has 0 N–H and O–H groups in total. The molecule has 0 spiro atoms. The zero-order valence-corrected chi connectivity index (χ0v) is 11.8. The number of nitrogens with zero attached hydrogens (tertiary/aromatic N) is 1. The molecular formula is C17H23NO. The van der Waals surface area contributed by atoms with Gasteiger partial charge in [-0.05, 0) is 44.0 Å². The molecule has 2 rings (SSSR count). The van der Waals surface area contributed by atoms with E-state index in [1.807, 2.05) is 12.1 Å². The van der Waals surface area contributed by atoms with E-state index in [-0.39, 0.29) is 5.92 Å². The Hall–Kier alpha value is -1.41. The van der Waals surface area contributed by atoms with Crippen molar-refractivity contribution in [2.45, 2.75) is 32.1 Å². The van der Waals surface area contributed by atoms with Gasteiger partial charge in [0.05, 0.1) is 5.92 Å². The van der Waals surface area contributed by atoms with E-state index in [2.05, 4.69) is 30.5 Å². The van der Waals surface area contributed by atoms with E-state index in [1.165, 1.54) is 24.8 Å². The van der Waals surface area contributed by atoms with Crippen LogP contribution in [0.25, 0.3) is 0 Å². The lowest BCUT2D eigenvalue weighted by atomic mass is 9.92. The normalized spacial score (nSPS) is 17.9. The maximum absolute atomic E-state index is 11.4. The third-order valence-corrected chi connectivity index (χ3v) is 3.89. The van der Waals surface area contributed by atoms with E-state index >= 15 is 0 Å². The molecule has 1 heterocycles. The van der Waals surface area contributed by atoms with Gasteiger partial charge < -0.3 is 4.79 Å². The molecule has 1 atom stereocenters. The lowest BCUT2D eigenvalue weighted by molar-refractivity contribution is -0.108. The fourth-order valence-electron chi connectivity index (χ4n) is 2.69. The maximum Gasteiger partial charge on any atom is 0.131 e. The van der Waals surface area contributed by atoms with Crippen molar-refractivity contribution in [1.29, 1.82) is 0 Å². The highest BCUT2D eigenvalue weighted by Gasteiger charge is 2.18. The summed E-state index contributed by atoms with van der Waals surface area (Å²) in [4.78, 5) is 13.8. The van der Waals surface area contributed by atoms with Crippen LogP contribution in [0.4, 0.5) is 0 Å². The van der Waals surface area contributed by atoms with E-state index in [0.717, 1.165) is 37.1 Å². The highest BCUT2D eigenvalue weighted by molar-refractivity contribution is 5.67.